The molecule has 1 saturated carbocycles. The van der Waals surface area contributed by atoms with Crippen molar-refractivity contribution in [1.82, 2.24) is 9.21 Å². The quantitative estimate of drug-likeness (QED) is 0.733. The molecule has 1 aliphatic carbocycles. The molecule has 1 aliphatic rings. The van der Waals surface area contributed by atoms with Crippen LogP contribution >= 0.6 is 0 Å². The van der Waals surface area contributed by atoms with Gasteiger partial charge in [-0.2, -0.15) is 4.31 Å². The molecule has 0 aliphatic heterocycles. The van der Waals surface area contributed by atoms with Crippen molar-refractivity contribution in [3.8, 4) is 0 Å². The Balaban J connectivity index is 1.91. The molecule has 1 fully saturated rings. The molecule has 122 valence electrons. The highest BCUT2D eigenvalue weighted by atomic mass is 32.2. The summed E-state index contributed by atoms with van der Waals surface area (Å²) >= 11 is 0. The number of amides is 1. The van der Waals surface area contributed by atoms with Gasteiger partial charge in [0.2, 0.25) is 15.9 Å². The monoisotopic (exact) mass is 324 g/mol. The second-order valence-corrected chi connectivity index (χ2v) is 7.68. The number of hydrogen-bond donors (Lipinski definition) is 0. The molecular weight excluding hydrogens is 300 g/mol. The number of nitrogens with zero attached hydrogens (tertiary/aromatic N) is 2. The second-order valence-electron chi connectivity index (χ2n) is 5.75. The van der Waals surface area contributed by atoms with Crippen LogP contribution in [0.5, 0.6) is 0 Å². The van der Waals surface area contributed by atoms with E-state index in [4.69, 9.17) is 0 Å². The third-order valence-corrected chi connectivity index (χ3v) is 5.21. The molecule has 6 heteroatoms. The molecule has 0 heterocycles. The standard InChI is InChI=1S/C16H24N2O3S/c1-3-17(13-14-7-5-4-6-8-14)16(19)11-12-18(15-9-10-15)22(2,20)21/h4-8,15H,3,9-13H2,1-2H3. The zero-order valence-corrected chi connectivity index (χ0v) is 14.1. The van der Waals surface area contributed by atoms with Crippen molar-refractivity contribution < 1.29 is 13.2 Å². The lowest BCUT2D eigenvalue weighted by Crippen LogP contribution is -2.37. The van der Waals surface area contributed by atoms with Gasteiger partial charge in [-0.25, -0.2) is 8.42 Å². The van der Waals surface area contributed by atoms with Crippen LogP contribution in [-0.2, 0) is 21.4 Å². The predicted molar refractivity (Wildman–Crippen MR) is 86.7 cm³/mol. The first-order valence-electron chi connectivity index (χ1n) is 7.70. The average Bonchev–Trinajstić information content (AvgIpc) is 3.29. The van der Waals surface area contributed by atoms with E-state index >= 15 is 0 Å². The van der Waals surface area contributed by atoms with Gasteiger partial charge in [0.15, 0.2) is 0 Å². The van der Waals surface area contributed by atoms with E-state index in [1.54, 1.807) is 4.90 Å². The van der Waals surface area contributed by atoms with Crippen molar-refractivity contribution in [2.75, 3.05) is 19.3 Å². The Morgan fingerprint density at radius 3 is 2.36 bits per heavy atom. The van der Waals surface area contributed by atoms with E-state index in [-0.39, 0.29) is 24.9 Å². The van der Waals surface area contributed by atoms with Crippen LogP contribution in [0.1, 0.15) is 31.7 Å². The number of hydrogen-bond acceptors (Lipinski definition) is 3. The van der Waals surface area contributed by atoms with Crippen molar-refractivity contribution in [2.45, 2.75) is 38.8 Å². The van der Waals surface area contributed by atoms with Gasteiger partial charge in [0.05, 0.1) is 6.26 Å². The Morgan fingerprint density at radius 2 is 1.86 bits per heavy atom. The summed E-state index contributed by atoms with van der Waals surface area (Å²) in [4.78, 5) is 14.1. The van der Waals surface area contributed by atoms with Gasteiger partial charge in [-0.05, 0) is 25.3 Å². The lowest BCUT2D eigenvalue weighted by molar-refractivity contribution is -0.131. The molecule has 1 aromatic rings. The Morgan fingerprint density at radius 1 is 1.23 bits per heavy atom. The van der Waals surface area contributed by atoms with Gasteiger partial charge in [0, 0.05) is 32.1 Å². The molecule has 1 aromatic carbocycles. The Labute approximate surface area is 133 Å². The fourth-order valence-corrected chi connectivity index (χ4v) is 3.70. The molecule has 1 amide bonds. The van der Waals surface area contributed by atoms with Crippen LogP contribution in [0.15, 0.2) is 30.3 Å². The van der Waals surface area contributed by atoms with Gasteiger partial charge in [-0.3, -0.25) is 4.79 Å². The SMILES string of the molecule is CCN(Cc1ccccc1)C(=O)CCN(C1CC1)S(C)(=O)=O. The smallest absolute Gasteiger partial charge is 0.224 e. The van der Waals surface area contributed by atoms with Crippen LogP contribution in [0.25, 0.3) is 0 Å². The normalized spacial score (nSPS) is 15.0. The zero-order valence-electron chi connectivity index (χ0n) is 13.2. The minimum atomic E-state index is -3.23. The summed E-state index contributed by atoms with van der Waals surface area (Å²) < 4.78 is 25.0. The molecule has 5 nitrogen and oxygen atoms in total. The first kappa shape index (κ1) is 17.0. The van der Waals surface area contributed by atoms with E-state index in [2.05, 4.69) is 0 Å². The van der Waals surface area contributed by atoms with Crippen LogP contribution < -0.4 is 0 Å². The molecule has 0 radical (unpaired) electrons. The molecule has 2 rings (SSSR count). The maximum Gasteiger partial charge on any atom is 0.224 e. The Kier molecular flexibility index (Phi) is 5.58. The second kappa shape index (κ2) is 7.24. The third-order valence-electron chi connectivity index (χ3n) is 3.88. The molecule has 0 aromatic heterocycles. The molecule has 0 saturated heterocycles. The van der Waals surface area contributed by atoms with Crippen LogP contribution in [0, 0.1) is 0 Å². The van der Waals surface area contributed by atoms with Crippen LogP contribution in [-0.4, -0.2) is 48.9 Å². The maximum absolute atomic E-state index is 12.4. The largest absolute Gasteiger partial charge is 0.339 e. The summed E-state index contributed by atoms with van der Waals surface area (Å²) in [5, 5.41) is 0. The van der Waals surface area contributed by atoms with E-state index in [1.807, 2.05) is 37.3 Å². The van der Waals surface area contributed by atoms with Gasteiger partial charge in [0.25, 0.3) is 0 Å². The minimum absolute atomic E-state index is 0.000605. The van der Waals surface area contributed by atoms with E-state index in [0.717, 1.165) is 18.4 Å². The molecular formula is C16H24N2O3S. The number of carbonyl (C=O) groups excluding carboxylic acids is 1. The van der Waals surface area contributed by atoms with Gasteiger partial charge < -0.3 is 4.90 Å². The number of carbonyl (C=O) groups is 1. The first-order chi connectivity index (χ1) is 10.4. The van der Waals surface area contributed by atoms with Gasteiger partial charge in [0.1, 0.15) is 0 Å². The summed E-state index contributed by atoms with van der Waals surface area (Å²) in [5.74, 6) is 0.000605. The van der Waals surface area contributed by atoms with Crippen LogP contribution in [0.3, 0.4) is 0 Å². The summed E-state index contributed by atoms with van der Waals surface area (Å²) in [6.07, 6.45) is 3.27. The summed E-state index contributed by atoms with van der Waals surface area (Å²) in [6.45, 7) is 3.41. The third kappa shape index (κ3) is 4.81. The van der Waals surface area contributed by atoms with Crippen molar-refractivity contribution in [2.24, 2.45) is 0 Å². The number of benzene rings is 1. The zero-order chi connectivity index (χ0) is 16.2. The Hall–Kier alpha value is -1.40. The average molecular weight is 324 g/mol. The first-order valence-corrected chi connectivity index (χ1v) is 9.55. The molecule has 0 atom stereocenters. The van der Waals surface area contributed by atoms with Gasteiger partial charge in [-0.15, -0.1) is 0 Å². The van der Waals surface area contributed by atoms with E-state index in [1.165, 1.54) is 10.6 Å². The fourth-order valence-electron chi connectivity index (χ4n) is 2.53. The van der Waals surface area contributed by atoms with E-state index < -0.39 is 10.0 Å². The van der Waals surface area contributed by atoms with Crippen molar-refractivity contribution in [1.29, 1.82) is 0 Å². The van der Waals surface area contributed by atoms with Gasteiger partial charge >= 0.3 is 0 Å². The van der Waals surface area contributed by atoms with Crippen molar-refractivity contribution in [3.63, 3.8) is 0 Å². The van der Waals surface area contributed by atoms with Crippen LogP contribution in [0.4, 0.5) is 0 Å². The molecule has 0 N–H and O–H groups in total. The van der Waals surface area contributed by atoms with Crippen molar-refractivity contribution >= 4 is 15.9 Å². The topological polar surface area (TPSA) is 57.7 Å². The Bertz CT molecular complexity index is 597. The summed E-state index contributed by atoms with van der Waals surface area (Å²) in [6, 6.07) is 9.93. The molecule has 0 spiro atoms. The predicted octanol–water partition coefficient (Wildman–Crippen LogP) is 1.85. The van der Waals surface area contributed by atoms with Crippen LogP contribution in [0.2, 0.25) is 0 Å². The number of rotatable bonds is 8. The lowest BCUT2D eigenvalue weighted by atomic mass is 10.2. The molecule has 0 unspecified atom stereocenters. The van der Waals surface area contributed by atoms with E-state index in [0.29, 0.717) is 13.1 Å². The highest BCUT2D eigenvalue weighted by Gasteiger charge is 2.35. The molecule has 22 heavy (non-hydrogen) atoms. The highest BCUT2D eigenvalue weighted by Crippen LogP contribution is 2.29. The van der Waals surface area contributed by atoms with Gasteiger partial charge in [-0.1, -0.05) is 30.3 Å². The highest BCUT2D eigenvalue weighted by molar-refractivity contribution is 7.88. The maximum atomic E-state index is 12.4. The summed E-state index contributed by atoms with van der Waals surface area (Å²) in [5.41, 5.74) is 1.08. The fraction of sp³-hybridized carbons (Fsp3) is 0.562. The minimum Gasteiger partial charge on any atom is -0.339 e. The van der Waals surface area contributed by atoms with E-state index in [9.17, 15) is 13.2 Å². The number of sulfonamides is 1. The summed E-state index contributed by atoms with van der Waals surface area (Å²) in [7, 11) is -3.23. The lowest BCUT2D eigenvalue weighted by Gasteiger charge is -2.24. The van der Waals surface area contributed by atoms with Crippen molar-refractivity contribution in [3.05, 3.63) is 35.9 Å². The molecule has 0 bridgehead atoms.